The molecular weight excluding hydrogens is 264 g/mol. The Bertz CT molecular complexity index is 828. The lowest BCUT2D eigenvalue weighted by molar-refractivity contribution is 0.572. The molecule has 5 nitrogen and oxygen atoms in total. The molecule has 0 spiro atoms. The summed E-state index contributed by atoms with van der Waals surface area (Å²) in [6.45, 7) is 0.974. The summed E-state index contributed by atoms with van der Waals surface area (Å²) in [5, 5.41) is 3.44. The zero-order valence-corrected chi connectivity index (χ0v) is 11.6. The van der Waals surface area contributed by atoms with E-state index in [1.54, 1.807) is 15.2 Å². The molecule has 4 rings (SSSR count). The van der Waals surface area contributed by atoms with E-state index in [-0.39, 0.29) is 11.7 Å². The van der Waals surface area contributed by atoms with Gasteiger partial charge in [0.2, 0.25) is 0 Å². The number of rotatable bonds is 2. The van der Waals surface area contributed by atoms with E-state index in [4.69, 9.17) is 4.98 Å². The fourth-order valence-electron chi connectivity index (χ4n) is 2.96. The van der Waals surface area contributed by atoms with E-state index in [0.29, 0.717) is 5.65 Å². The van der Waals surface area contributed by atoms with Crippen molar-refractivity contribution in [2.24, 2.45) is 0 Å². The lowest BCUT2D eigenvalue weighted by Gasteiger charge is -2.17. The number of benzene rings is 1. The van der Waals surface area contributed by atoms with Crippen molar-refractivity contribution < 1.29 is 0 Å². The first kappa shape index (κ1) is 12.3. The lowest BCUT2D eigenvalue weighted by atomic mass is 10.2. The molecule has 2 aromatic heterocycles. The van der Waals surface area contributed by atoms with Crippen molar-refractivity contribution in [2.75, 3.05) is 6.54 Å². The van der Waals surface area contributed by atoms with E-state index in [2.05, 4.69) is 5.32 Å². The fraction of sp³-hybridized carbons (Fsp3) is 0.250. The molecule has 1 saturated heterocycles. The third-order valence-corrected chi connectivity index (χ3v) is 3.97. The maximum absolute atomic E-state index is 12.8. The summed E-state index contributed by atoms with van der Waals surface area (Å²) >= 11 is 0. The molecule has 0 bridgehead atoms. The van der Waals surface area contributed by atoms with Crippen LogP contribution in [0.1, 0.15) is 24.7 Å². The summed E-state index contributed by atoms with van der Waals surface area (Å²) in [6.07, 6.45) is 3.88. The second-order valence-corrected chi connectivity index (χ2v) is 5.31. The Morgan fingerprint density at radius 3 is 2.76 bits per heavy atom. The topological polar surface area (TPSA) is 51.3 Å². The molecule has 1 atom stereocenters. The third-order valence-electron chi connectivity index (χ3n) is 3.97. The van der Waals surface area contributed by atoms with Crippen LogP contribution in [0.2, 0.25) is 0 Å². The monoisotopic (exact) mass is 280 g/mol. The predicted molar refractivity (Wildman–Crippen MR) is 80.8 cm³/mol. The van der Waals surface area contributed by atoms with Gasteiger partial charge in [0.25, 0.3) is 0 Å². The highest BCUT2D eigenvalue weighted by molar-refractivity contribution is 5.41. The van der Waals surface area contributed by atoms with Crippen LogP contribution in [-0.2, 0) is 0 Å². The van der Waals surface area contributed by atoms with Gasteiger partial charge >= 0.3 is 5.69 Å². The predicted octanol–water partition coefficient (Wildman–Crippen LogP) is 1.91. The molecule has 21 heavy (non-hydrogen) atoms. The van der Waals surface area contributed by atoms with E-state index in [1.165, 1.54) is 0 Å². The standard InChI is InChI=1S/C16H16N4O/c21-16-19-11-5-9-14(19)18-15(13-8-4-10-17-13)20(16)12-6-2-1-3-7-12/h1-3,5-7,9,11,13,17H,4,8,10H2. The highest BCUT2D eigenvalue weighted by Gasteiger charge is 2.23. The van der Waals surface area contributed by atoms with Crippen molar-refractivity contribution in [3.8, 4) is 5.69 Å². The number of nitrogens with zero attached hydrogens (tertiary/aromatic N) is 3. The van der Waals surface area contributed by atoms with Crippen molar-refractivity contribution in [2.45, 2.75) is 18.9 Å². The Kier molecular flexibility index (Phi) is 2.86. The molecule has 0 radical (unpaired) electrons. The Hall–Kier alpha value is -2.40. The minimum absolute atomic E-state index is 0.0695. The van der Waals surface area contributed by atoms with E-state index in [9.17, 15) is 4.79 Å². The average molecular weight is 280 g/mol. The zero-order chi connectivity index (χ0) is 14.2. The van der Waals surface area contributed by atoms with Gasteiger partial charge in [-0.25, -0.2) is 14.3 Å². The Labute approximate surface area is 121 Å². The first-order valence-corrected chi connectivity index (χ1v) is 7.23. The molecule has 0 amide bonds. The summed E-state index contributed by atoms with van der Waals surface area (Å²) in [5.41, 5.74) is 1.49. The van der Waals surface area contributed by atoms with Gasteiger partial charge in [0, 0.05) is 6.20 Å². The van der Waals surface area contributed by atoms with Crippen LogP contribution in [0.15, 0.2) is 53.5 Å². The van der Waals surface area contributed by atoms with Crippen LogP contribution in [0, 0.1) is 0 Å². The first-order chi connectivity index (χ1) is 10.3. The lowest BCUT2D eigenvalue weighted by Crippen LogP contribution is -2.32. The van der Waals surface area contributed by atoms with Gasteiger partial charge in [0.15, 0.2) is 0 Å². The van der Waals surface area contributed by atoms with Gasteiger partial charge in [-0.1, -0.05) is 18.2 Å². The summed E-state index contributed by atoms with van der Waals surface area (Å²) in [4.78, 5) is 17.5. The highest BCUT2D eigenvalue weighted by Crippen LogP contribution is 2.23. The molecule has 3 heterocycles. The van der Waals surface area contributed by atoms with E-state index in [1.807, 2.05) is 42.5 Å². The van der Waals surface area contributed by atoms with Crippen LogP contribution in [0.5, 0.6) is 0 Å². The SMILES string of the molecule is O=c1n(-c2ccccc2)c(C2CCCN2)nc2cccn12. The number of nitrogens with one attached hydrogen (secondary N) is 1. The van der Waals surface area contributed by atoms with E-state index < -0.39 is 0 Å². The van der Waals surface area contributed by atoms with Gasteiger partial charge in [-0.3, -0.25) is 4.40 Å². The quantitative estimate of drug-likeness (QED) is 0.780. The number of fused-ring (bicyclic) bond motifs is 1. The Balaban J connectivity index is 2.03. The molecule has 1 aromatic carbocycles. The van der Waals surface area contributed by atoms with Crippen LogP contribution >= 0.6 is 0 Å². The number of para-hydroxylation sites is 1. The highest BCUT2D eigenvalue weighted by atomic mass is 16.1. The summed E-state index contributed by atoms with van der Waals surface area (Å²) in [7, 11) is 0. The van der Waals surface area contributed by atoms with E-state index in [0.717, 1.165) is 30.9 Å². The van der Waals surface area contributed by atoms with Gasteiger partial charge in [0.1, 0.15) is 11.5 Å². The maximum atomic E-state index is 12.8. The Morgan fingerprint density at radius 2 is 2.00 bits per heavy atom. The van der Waals surface area contributed by atoms with Gasteiger partial charge in [-0.15, -0.1) is 0 Å². The van der Waals surface area contributed by atoms with Crippen molar-refractivity contribution in [1.29, 1.82) is 0 Å². The first-order valence-electron chi connectivity index (χ1n) is 7.23. The molecule has 1 aliphatic heterocycles. The summed E-state index contributed by atoms with van der Waals surface area (Å²) < 4.78 is 3.31. The van der Waals surface area contributed by atoms with Gasteiger partial charge in [-0.2, -0.15) is 0 Å². The second kappa shape index (κ2) is 4.86. The fourth-order valence-corrected chi connectivity index (χ4v) is 2.96. The van der Waals surface area contributed by atoms with Gasteiger partial charge < -0.3 is 5.32 Å². The number of hydrogen-bond donors (Lipinski definition) is 1. The largest absolute Gasteiger partial charge is 0.339 e. The van der Waals surface area contributed by atoms with Crippen LogP contribution in [0.25, 0.3) is 11.3 Å². The zero-order valence-electron chi connectivity index (χ0n) is 11.6. The third kappa shape index (κ3) is 1.97. The van der Waals surface area contributed by atoms with Crippen LogP contribution in [0.4, 0.5) is 0 Å². The molecule has 106 valence electrons. The molecule has 3 aromatic rings. The smallest absolute Gasteiger partial charge is 0.307 e. The molecule has 1 aliphatic rings. The van der Waals surface area contributed by atoms with E-state index >= 15 is 0 Å². The average Bonchev–Trinajstić information content (AvgIpc) is 3.19. The van der Waals surface area contributed by atoms with Crippen molar-refractivity contribution in [1.82, 2.24) is 19.3 Å². The molecule has 0 saturated carbocycles. The molecule has 1 unspecified atom stereocenters. The van der Waals surface area contributed by atoms with Crippen LogP contribution in [0.3, 0.4) is 0 Å². The normalized spacial score (nSPS) is 18.4. The van der Waals surface area contributed by atoms with Gasteiger partial charge in [-0.05, 0) is 43.7 Å². The molecule has 1 fully saturated rings. The van der Waals surface area contributed by atoms with Crippen LogP contribution < -0.4 is 11.0 Å². The van der Waals surface area contributed by atoms with Gasteiger partial charge in [0.05, 0.1) is 11.7 Å². The second-order valence-electron chi connectivity index (χ2n) is 5.31. The summed E-state index contributed by atoms with van der Waals surface area (Å²) in [6, 6.07) is 13.6. The Morgan fingerprint density at radius 1 is 1.14 bits per heavy atom. The molecular formula is C16H16N4O. The molecule has 1 N–H and O–H groups in total. The van der Waals surface area contributed by atoms with Crippen LogP contribution in [-0.4, -0.2) is 20.5 Å². The minimum atomic E-state index is -0.0695. The number of aromatic nitrogens is 3. The molecule has 5 heteroatoms. The minimum Gasteiger partial charge on any atom is -0.307 e. The number of hydrogen-bond acceptors (Lipinski definition) is 3. The summed E-state index contributed by atoms with van der Waals surface area (Å²) in [5.74, 6) is 0.801. The van der Waals surface area contributed by atoms with Crippen molar-refractivity contribution in [3.05, 3.63) is 65.0 Å². The maximum Gasteiger partial charge on any atom is 0.339 e. The van der Waals surface area contributed by atoms with Crippen molar-refractivity contribution in [3.63, 3.8) is 0 Å². The van der Waals surface area contributed by atoms with Crippen molar-refractivity contribution >= 4 is 5.65 Å². The molecule has 0 aliphatic carbocycles.